The van der Waals surface area contributed by atoms with Gasteiger partial charge in [0.25, 0.3) is 0 Å². The highest BCUT2D eigenvalue weighted by Gasteiger charge is 2.38. The zero-order chi connectivity index (χ0) is 14.1. The van der Waals surface area contributed by atoms with Crippen molar-refractivity contribution in [3.05, 3.63) is 0 Å². The Balaban J connectivity index is 2.30. The molecular formula is C16H33NO2. The average Bonchev–Trinajstić information content (AvgIpc) is 2.84. The lowest BCUT2D eigenvalue weighted by atomic mass is 9.98. The molecule has 0 heterocycles. The minimum absolute atomic E-state index is 0.0788. The first-order valence-corrected chi connectivity index (χ1v) is 8.17. The van der Waals surface area contributed by atoms with Gasteiger partial charge >= 0.3 is 0 Å². The van der Waals surface area contributed by atoms with E-state index in [9.17, 15) is 5.11 Å². The molecule has 3 unspecified atom stereocenters. The number of hydrogen-bond donors (Lipinski definition) is 2. The highest BCUT2D eigenvalue weighted by Crippen LogP contribution is 2.32. The van der Waals surface area contributed by atoms with E-state index in [-0.39, 0.29) is 12.1 Å². The number of aliphatic hydroxyl groups is 1. The molecule has 3 heteroatoms. The van der Waals surface area contributed by atoms with Gasteiger partial charge in [-0.25, -0.2) is 0 Å². The molecule has 1 aliphatic carbocycles. The number of nitrogens with one attached hydrogen (secondary N) is 1. The maximum absolute atomic E-state index is 9.59. The summed E-state index contributed by atoms with van der Waals surface area (Å²) in [7, 11) is 0. The molecule has 0 radical (unpaired) electrons. The zero-order valence-electron chi connectivity index (χ0n) is 13.1. The highest BCUT2D eigenvalue weighted by atomic mass is 16.5. The monoisotopic (exact) mass is 271 g/mol. The van der Waals surface area contributed by atoms with E-state index >= 15 is 0 Å². The topological polar surface area (TPSA) is 41.5 Å². The molecule has 0 bridgehead atoms. The maximum atomic E-state index is 9.59. The van der Waals surface area contributed by atoms with Gasteiger partial charge in [-0.1, -0.05) is 40.0 Å². The third-order valence-corrected chi connectivity index (χ3v) is 4.53. The van der Waals surface area contributed by atoms with Gasteiger partial charge in [-0.3, -0.25) is 0 Å². The van der Waals surface area contributed by atoms with Crippen LogP contribution in [0.5, 0.6) is 0 Å². The predicted molar refractivity (Wildman–Crippen MR) is 80.4 cm³/mol. The van der Waals surface area contributed by atoms with Crippen LogP contribution in [0.2, 0.25) is 0 Å². The summed E-state index contributed by atoms with van der Waals surface area (Å²) in [5.74, 6) is 0.711. The van der Waals surface area contributed by atoms with Gasteiger partial charge in [-0.05, 0) is 38.1 Å². The van der Waals surface area contributed by atoms with E-state index in [2.05, 4.69) is 26.1 Å². The molecule has 0 saturated heterocycles. The van der Waals surface area contributed by atoms with Crippen molar-refractivity contribution in [3.8, 4) is 0 Å². The summed E-state index contributed by atoms with van der Waals surface area (Å²) >= 11 is 0. The van der Waals surface area contributed by atoms with Gasteiger partial charge in [0.05, 0.1) is 12.7 Å². The van der Waals surface area contributed by atoms with Crippen molar-refractivity contribution < 1.29 is 9.84 Å². The molecule has 2 N–H and O–H groups in total. The van der Waals surface area contributed by atoms with Crippen molar-refractivity contribution in [2.75, 3.05) is 19.8 Å². The van der Waals surface area contributed by atoms with E-state index in [0.717, 1.165) is 32.4 Å². The SMILES string of the molecule is CCCCC(CC)COC1CCC(CO)(NCC)C1. The van der Waals surface area contributed by atoms with Gasteiger partial charge in [0.1, 0.15) is 0 Å². The van der Waals surface area contributed by atoms with Crippen molar-refractivity contribution in [1.82, 2.24) is 5.32 Å². The first-order valence-electron chi connectivity index (χ1n) is 8.17. The summed E-state index contributed by atoms with van der Waals surface area (Å²) in [4.78, 5) is 0. The van der Waals surface area contributed by atoms with E-state index in [1.807, 2.05) is 0 Å². The van der Waals surface area contributed by atoms with Crippen molar-refractivity contribution in [2.24, 2.45) is 5.92 Å². The lowest BCUT2D eigenvalue weighted by Gasteiger charge is -2.28. The smallest absolute Gasteiger partial charge is 0.0614 e. The van der Waals surface area contributed by atoms with Crippen LogP contribution in [0.1, 0.15) is 65.7 Å². The van der Waals surface area contributed by atoms with Crippen LogP contribution in [0.15, 0.2) is 0 Å². The molecule has 1 rings (SSSR count). The highest BCUT2D eigenvalue weighted by molar-refractivity contribution is 4.96. The molecule has 0 amide bonds. The minimum atomic E-state index is -0.0788. The number of rotatable bonds is 10. The molecule has 3 atom stereocenters. The van der Waals surface area contributed by atoms with E-state index < -0.39 is 0 Å². The van der Waals surface area contributed by atoms with Gasteiger partial charge in [0.15, 0.2) is 0 Å². The van der Waals surface area contributed by atoms with E-state index in [0.29, 0.717) is 12.0 Å². The zero-order valence-corrected chi connectivity index (χ0v) is 13.1. The summed E-state index contributed by atoms with van der Waals surface area (Å²) in [6, 6.07) is 0. The van der Waals surface area contributed by atoms with Crippen LogP contribution >= 0.6 is 0 Å². The van der Waals surface area contributed by atoms with Gasteiger partial charge in [-0.2, -0.15) is 0 Å². The Labute approximate surface area is 119 Å². The van der Waals surface area contributed by atoms with Crippen LogP contribution in [0, 0.1) is 5.92 Å². The van der Waals surface area contributed by atoms with Crippen molar-refractivity contribution in [3.63, 3.8) is 0 Å². The Kier molecular flexibility index (Phi) is 7.96. The quantitative estimate of drug-likeness (QED) is 0.641. The molecule has 1 aliphatic rings. The average molecular weight is 271 g/mol. The molecule has 3 nitrogen and oxygen atoms in total. The second kappa shape index (κ2) is 8.93. The Hall–Kier alpha value is -0.120. The van der Waals surface area contributed by atoms with Gasteiger partial charge in [0, 0.05) is 12.1 Å². The lowest BCUT2D eigenvalue weighted by Crippen LogP contribution is -2.46. The van der Waals surface area contributed by atoms with Gasteiger partial charge < -0.3 is 15.2 Å². The molecule has 0 aromatic carbocycles. The molecule has 1 fully saturated rings. The Bertz CT molecular complexity index is 235. The van der Waals surface area contributed by atoms with Crippen LogP contribution < -0.4 is 5.32 Å². The fraction of sp³-hybridized carbons (Fsp3) is 1.00. The second-order valence-electron chi connectivity index (χ2n) is 6.08. The van der Waals surface area contributed by atoms with Crippen LogP contribution in [0.25, 0.3) is 0 Å². The normalized spacial score (nSPS) is 28.7. The van der Waals surface area contributed by atoms with Crippen molar-refractivity contribution in [2.45, 2.75) is 77.4 Å². The summed E-state index contributed by atoms with van der Waals surface area (Å²) in [5, 5.41) is 13.0. The summed E-state index contributed by atoms with van der Waals surface area (Å²) in [6.07, 6.45) is 8.50. The fourth-order valence-corrected chi connectivity index (χ4v) is 3.12. The van der Waals surface area contributed by atoms with Crippen LogP contribution in [0.4, 0.5) is 0 Å². The number of hydrogen-bond acceptors (Lipinski definition) is 3. The summed E-state index contributed by atoms with van der Waals surface area (Å²) in [5.41, 5.74) is -0.0788. The Morgan fingerprint density at radius 2 is 2.16 bits per heavy atom. The largest absolute Gasteiger partial charge is 0.394 e. The third kappa shape index (κ3) is 5.41. The minimum Gasteiger partial charge on any atom is -0.394 e. The lowest BCUT2D eigenvalue weighted by molar-refractivity contribution is 0.0220. The van der Waals surface area contributed by atoms with E-state index in [1.54, 1.807) is 0 Å². The second-order valence-corrected chi connectivity index (χ2v) is 6.08. The fourth-order valence-electron chi connectivity index (χ4n) is 3.12. The van der Waals surface area contributed by atoms with Crippen LogP contribution in [-0.2, 0) is 4.74 Å². The van der Waals surface area contributed by atoms with Crippen LogP contribution in [0.3, 0.4) is 0 Å². The van der Waals surface area contributed by atoms with E-state index in [1.165, 1.54) is 25.7 Å². The molecule has 114 valence electrons. The molecule has 0 aliphatic heterocycles. The molecular weight excluding hydrogens is 238 g/mol. The standard InChI is InChI=1S/C16H33NO2/c1-4-7-8-14(5-2)12-19-15-9-10-16(11-15,13-18)17-6-3/h14-15,17-18H,4-13H2,1-3H3. The van der Waals surface area contributed by atoms with Crippen LogP contribution in [-0.4, -0.2) is 36.5 Å². The molecule has 0 aromatic rings. The van der Waals surface area contributed by atoms with Gasteiger partial charge in [0.2, 0.25) is 0 Å². The molecule has 19 heavy (non-hydrogen) atoms. The van der Waals surface area contributed by atoms with Crippen molar-refractivity contribution in [1.29, 1.82) is 0 Å². The molecule has 1 saturated carbocycles. The maximum Gasteiger partial charge on any atom is 0.0614 e. The Morgan fingerprint density at radius 1 is 1.37 bits per heavy atom. The molecule has 0 aromatic heterocycles. The Morgan fingerprint density at radius 3 is 2.74 bits per heavy atom. The van der Waals surface area contributed by atoms with Crippen molar-refractivity contribution >= 4 is 0 Å². The molecule has 0 spiro atoms. The first-order chi connectivity index (χ1) is 9.19. The number of unbranched alkanes of at least 4 members (excludes halogenated alkanes) is 1. The summed E-state index contributed by atoms with van der Waals surface area (Å²) < 4.78 is 6.11. The predicted octanol–water partition coefficient (Wildman–Crippen LogP) is 3.11. The number of aliphatic hydroxyl groups excluding tert-OH is 1. The first kappa shape index (κ1) is 16.9. The summed E-state index contributed by atoms with van der Waals surface area (Å²) in [6.45, 7) is 8.65. The van der Waals surface area contributed by atoms with E-state index in [4.69, 9.17) is 4.74 Å². The third-order valence-electron chi connectivity index (χ3n) is 4.53. The number of likely N-dealkylation sites (N-methyl/N-ethyl adjacent to an activating group) is 1. The van der Waals surface area contributed by atoms with Gasteiger partial charge in [-0.15, -0.1) is 0 Å². The number of ether oxygens (including phenoxy) is 1.